The summed E-state index contributed by atoms with van der Waals surface area (Å²) in [6, 6.07) is 8.81. The third kappa shape index (κ3) is 3.33. The first-order valence-electron chi connectivity index (χ1n) is 6.26. The predicted octanol–water partition coefficient (Wildman–Crippen LogP) is 2.50. The number of rotatable bonds is 3. The fourth-order valence-corrected chi connectivity index (χ4v) is 2.64. The van der Waals surface area contributed by atoms with Crippen molar-refractivity contribution in [2.75, 3.05) is 20.1 Å². The first kappa shape index (κ1) is 13.6. The van der Waals surface area contributed by atoms with E-state index in [0.29, 0.717) is 6.04 Å². The van der Waals surface area contributed by atoms with Crippen LogP contribution < -0.4 is 0 Å². The molecular weight excluding hydrogens is 292 g/mol. The molecule has 0 N–H and O–H groups in total. The predicted molar refractivity (Wildman–Crippen MR) is 76.3 cm³/mol. The van der Waals surface area contributed by atoms with Crippen molar-refractivity contribution in [2.45, 2.75) is 25.9 Å². The van der Waals surface area contributed by atoms with Crippen molar-refractivity contribution in [1.29, 1.82) is 0 Å². The van der Waals surface area contributed by atoms with Gasteiger partial charge in [-0.15, -0.1) is 0 Å². The fraction of sp³-hybridized carbons (Fsp3) is 0.500. The molecule has 0 spiro atoms. The Labute approximate surface area is 117 Å². The van der Waals surface area contributed by atoms with Crippen molar-refractivity contribution in [3.8, 4) is 0 Å². The molecule has 18 heavy (non-hydrogen) atoms. The SMILES string of the molecule is CC(=O)N(C)C1CCN(Cc2ccc(Br)cc2)C1. The van der Waals surface area contributed by atoms with Crippen LogP contribution >= 0.6 is 15.9 Å². The molecule has 0 saturated carbocycles. The van der Waals surface area contributed by atoms with Gasteiger partial charge in [0.25, 0.3) is 0 Å². The van der Waals surface area contributed by atoms with Crippen LogP contribution in [0.2, 0.25) is 0 Å². The van der Waals surface area contributed by atoms with E-state index < -0.39 is 0 Å². The zero-order chi connectivity index (χ0) is 13.1. The number of carbonyl (C=O) groups excluding carboxylic acids is 1. The molecule has 1 aromatic carbocycles. The summed E-state index contributed by atoms with van der Waals surface area (Å²) < 4.78 is 1.11. The number of hydrogen-bond acceptors (Lipinski definition) is 2. The second-order valence-electron chi connectivity index (χ2n) is 4.93. The Morgan fingerprint density at radius 2 is 2.11 bits per heavy atom. The highest BCUT2D eigenvalue weighted by Crippen LogP contribution is 2.18. The van der Waals surface area contributed by atoms with Crippen LogP contribution in [0.5, 0.6) is 0 Å². The summed E-state index contributed by atoms with van der Waals surface area (Å²) in [6.45, 7) is 4.65. The standard InChI is InChI=1S/C14H19BrN2O/c1-11(18)16(2)14-7-8-17(10-14)9-12-3-5-13(15)6-4-12/h3-6,14H,7-10H2,1-2H3. The third-order valence-corrected chi connectivity index (χ3v) is 4.14. The van der Waals surface area contributed by atoms with Gasteiger partial charge in [0.2, 0.25) is 5.91 Å². The van der Waals surface area contributed by atoms with E-state index in [1.807, 2.05) is 11.9 Å². The number of carbonyl (C=O) groups is 1. The molecule has 0 bridgehead atoms. The number of benzene rings is 1. The molecule has 1 amide bonds. The highest BCUT2D eigenvalue weighted by Gasteiger charge is 2.26. The summed E-state index contributed by atoms with van der Waals surface area (Å²) in [6.07, 6.45) is 1.08. The van der Waals surface area contributed by atoms with Gasteiger partial charge in [-0.3, -0.25) is 9.69 Å². The van der Waals surface area contributed by atoms with Crippen molar-refractivity contribution >= 4 is 21.8 Å². The van der Waals surface area contributed by atoms with Crippen LogP contribution in [0.25, 0.3) is 0 Å². The van der Waals surface area contributed by atoms with Crippen LogP contribution in [-0.2, 0) is 11.3 Å². The second kappa shape index (κ2) is 5.85. The lowest BCUT2D eigenvalue weighted by atomic mass is 10.2. The van der Waals surface area contributed by atoms with Gasteiger partial charge in [0.1, 0.15) is 0 Å². The van der Waals surface area contributed by atoms with Gasteiger partial charge in [-0.05, 0) is 24.1 Å². The zero-order valence-electron chi connectivity index (χ0n) is 10.9. The molecule has 1 saturated heterocycles. The van der Waals surface area contributed by atoms with Gasteiger partial charge in [0, 0.05) is 44.1 Å². The van der Waals surface area contributed by atoms with Gasteiger partial charge in [-0.25, -0.2) is 0 Å². The minimum atomic E-state index is 0.158. The van der Waals surface area contributed by atoms with Crippen LogP contribution in [-0.4, -0.2) is 41.9 Å². The van der Waals surface area contributed by atoms with Crippen molar-refractivity contribution < 1.29 is 4.79 Å². The lowest BCUT2D eigenvalue weighted by Crippen LogP contribution is -2.37. The van der Waals surface area contributed by atoms with Crippen LogP contribution in [0, 0.1) is 0 Å². The summed E-state index contributed by atoms with van der Waals surface area (Å²) in [5.74, 6) is 0.158. The molecule has 98 valence electrons. The average Bonchev–Trinajstić information content (AvgIpc) is 2.79. The topological polar surface area (TPSA) is 23.6 Å². The molecular formula is C14H19BrN2O. The van der Waals surface area contributed by atoms with Crippen molar-refractivity contribution in [2.24, 2.45) is 0 Å². The van der Waals surface area contributed by atoms with Gasteiger partial charge < -0.3 is 4.90 Å². The number of hydrogen-bond donors (Lipinski definition) is 0. The molecule has 3 nitrogen and oxygen atoms in total. The Bertz CT molecular complexity index is 418. The van der Waals surface area contributed by atoms with E-state index in [0.717, 1.165) is 30.5 Å². The van der Waals surface area contributed by atoms with E-state index in [1.165, 1.54) is 5.56 Å². The van der Waals surface area contributed by atoms with Gasteiger partial charge in [-0.1, -0.05) is 28.1 Å². The van der Waals surface area contributed by atoms with Gasteiger partial charge >= 0.3 is 0 Å². The van der Waals surface area contributed by atoms with Crippen LogP contribution in [0.4, 0.5) is 0 Å². The van der Waals surface area contributed by atoms with Crippen LogP contribution in [0.1, 0.15) is 18.9 Å². The van der Waals surface area contributed by atoms with E-state index >= 15 is 0 Å². The van der Waals surface area contributed by atoms with E-state index in [2.05, 4.69) is 45.1 Å². The summed E-state index contributed by atoms with van der Waals surface area (Å²) in [5.41, 5.74) is 1.32. The largest absolute Gasteiger partial charge is 0.342 e. The molecule has 1 aliphatic rings. The lowest BCUT2D eigenvalue weighted by molar-refractivity contribution is -0.129. The van der Waals surface area contributed by atoms with Crippen LogP contribution in [0.15, 0.2) is 28.7 Å². The Kier molecular flexibility index (Phi) is 4.40. The normalized spacial score (nSPS) is 20.1. The van der Waals surface area contributed by atoms with Gasteiger partial charge in [0.05, 0.1) is 0 Å². The molecule has 1 aliphatic heterocycles. The highest BCUT2D eigenvalue weighted by atomic mass is 79.9. The molecule has 1 unspecified atom stereocenters. The number of likely N-dealkylation sites (tertiary alicyclic amines) is 1. The minimum Gasteiger partial charge on any atom is -0.342 e. The maximum atomic E-state index is 11.3. The fourth-order valence-electron chi connectivity index (χ4n) is 2.38. The molecule has 1 fully saturated rings. The second-order valence-corrected chi connectivity index (χ2v) is 5.85. The van der Waals surface area contributed by atoms with Crippen LogP contribution in [0.3, 0.4) is 0 Å². The summed E-state index contributed by atoms with van der Waals surface area (Å²) >= 11 is 3.44. The first-order chi connectivity index (χ1) is 8.56. The van der Waals surface area contributed by atoms with Gasteiger partial charge in [0.15, 0.2) is 0 Å². The van der Waals surface area contributed by atoms with Crippen molar-refractivity contribution in [1.82, 2.24) is 9.80 Å². The number of likely N-dealkylation sites (N-methyl/N-ethyl adjacent to an activating group) is 1. The molecule has 2 rings (SSSR count). The molecule has 0 aliphatic carbocycles. The quantitative estimate of drug-likeness (QED) is 0.856. The van der Waals surface area contributed by atoms with E-state index in [9.17, 15) is 4.79 Å². The molecule has 1 atom stereocenters. The number of nitrogens with zero attached hydrogens (tertiary/aromatic N) is 2. The molecule has 1 heterocycles. The van der Waals surface area contributed by atoms with E-state index in [-0.39, 0.29) is 5.91 Å². The van der Waals surface area contributed by atoms with Crippen molar-refractivity contribution in [3.05, 3.63) is 34.3 Å². The Morgan fingerprint density at radius 3 is 2.72 bits per heavy atom. The monoisotopic (exact) mass is 310 g/mol. The molecule has 0 radical (unpaired) electrons. The lowest BCUT2D eigenvalue weighted by Gasteiger charge is -2.23. The Balaban J connectivity index is 1.89. The highest BCUT2D eigenvalue weighted by molar-refractivity contribution is 9.10. The first-order valence-corrected chi connectivity index (χ1v) is 7.06. The Morgan fingerprint density at radius 1 is 1.44 bits per heavy atom. The smallest absolute Gasteiger partial charge is 0.219 e. The third-order valence-electron chi connectivity index (χ3n) is 3.61. The average molecular weight is 311 g/mol. The number of halogens is 1. The summed E-state index contributed by atoms with van der Waals surface area (Å²) in [7, 11) is 1.90. The minimum absolute atomic E-state index is 0.158. The molecule has 1 aromatic rings. The van der Waals surface area contributed by atoms with E-state index in [1.54, 1.807) is 6.92 Å². The Hall–Kier alpha value is -0.870. The summed E-state index contributed by atoms with van der Waals surface area (Å²) in [4.78, 5) is 15.6. The number of amides is 1. The molecule has 4 heteroatoms. The zero-order valence-corrected chi connectivity index (χ0v) is 12.5. The van der Waals surface area contributed by atoms with Gasteiger partial charge in [-0.2, -0.15) is 0 Å². The molecule has 0 aromatic heterocycles. The van der Waals surface area contributed by atoms with E-state index in [4.69, 9.17) is 0 Å². The maximum absolute atomic E-state index is 11.3. The maximum Gasteiger partial charge on any atom is 0.219 e. The van der Waals surface area contributed by atoms with Crippen molar-refractivity contribution in [3.63, 3.8) is 0 Å². The summed E-state index contributed by atoms with van der Waals surface area (Å²) in [5, 5.41) is 0.